The van der Waals surface area contributed by atoms with E-state index in [1.165, 1.54) is 12.1 Å². The Morgan fingerprint density at radius 2 is 2.33 bits per heavy atom. The summed E-state index contributed by atoms with van der Waals surface area (Å²) in [5.74, 6) is 0.717. The minimum absolute atomic E-state index is 0.151. The number of hydrogen-bond donors (Lipinski definition) is 2. The zero-order chi connectivity index (χ0) is 15.1. The van der Waals surface area contributed by atoms with E-state index in [1.807, 2.05) is 0 Å². The van der Waals surface area contributed by atoms with E-state index in [-0.39, 0.29) is 18.0 Å². The summed E-state index contributed by atoms with van der Waals surface area (Å²) in [5, 5.41) is 13.4. The molecule has 1 aliphatic carbocycles. The molecule has 1 saturated carbocycles. The molecule has 0 saturated heterocycles. The second-order valence-corrected chi connectivity index (χ2v) is 5.92. The summed E-state index contributed by atoms with van der Waals surface area (Å²) in [7, 11) is 0. The minimum atomic E-state index is -0.275. The zero-order valence-corrected chi connectivity index (χ0v) is 12.8. The van der Waals surface area contributed by atoms with Crippen molar-refractivity contribution in [2.75, 3.05) is 19.8 Å². The third kappa shape index (κ3) is 4.17. The summed E-state index contributed by atoms with van der Waals surface area (Å²) in [6.07, 6.45) is 5.22. The highest BCUT2D eigenvalue weighted by molar-refractivity contribution is 5.22. The van der Waals surface area contributed by atoms with E-state index >= 15 is 0 Å². The topological polar surface area (TPSA) is 41.5 Å². The van der Waals surface area contributed by atoms with E-state index in [9.17, 15) is 9.50 Å². The Morgan fingerprint density at radius 3 is 3.05 bits per heavy atom. The van der Waals surface area contributed by atoms with E-state index in [0.717, 1.165) is 38.6 Å². The molecular formula is C17H26FNO2. The first-order chi connectivity index (χ1) is 10.2. The molecule has 21 heavy (non-hydrogen) atoms. The van der Waals surface area contributed by atoms with Crippen molar-refractivity contribution in [3.63, 3.8) is 0 Å². The van der Waals surface area contributed by atoms with Crippen LogP contribution in [-0.4, -0.2) is 30.4 Å². The number of rotatable bonds is 8. The normalized spacial score (nSPS) is 25.2. The summed E-state index contributed by atoms with van der Waals surface area (Å²) in [5.41, 5.74) is -0.151. The summed E-state index contributed by atoms with van der Waals surface area (Å²) < 4.78 is 18.7. The summed E-state index contributed by atoms with van der Waals surface area (Å²) >= 11 is 0. The molecule has 2 N–H and O–H groups in total. The molecule has 2 atom stereocenters. The van der Waals surface area contributed by atoms with Crippen LogP contribution < -0.4 is 10.1 Å². The fourth-order valence-electron chi connectivity index (χ4n) is 3.31. The molecule has 1 aliphatic rings. The van der Waals surface area contributed by atoms with Gasteiger partial charge in [-0.1, -0.05) is 19.4 Å². The first kappa shape index (κ1) is 16.2. The van der Waals surface area contributed by atoms with Gasteiger partial charge in [0.25, 0.3) is 0 Å². The minimum Gasteiger partial charge on any atom is -0.493 e. The lowest BCUT2D eigenvalue weighted by atomic mass is 9.85. The maximum absolute atomic E-state index is 13.1. The first-order valence-corrected chi connectivity index (χ1v) is 7.94. The molecule has 118 valence electrons. The van der Waals surface area contributed by atoms with Crippen LogP contribution in [-0.2, 0) is 0 Å². The average Bonchev–Trinajstić information content (AvgIpc) is 2.89. The number of nitrogens with one attached hydrogen (secondary N) is 1. The van der Waals surface area contributed by atoms with Gasteiger partial charge in [0.2, 0.25) is 0 Å². The lowest BCUT2D eigenvalue weighted by Gasteiger charge is -2.35. The van der Waals surface area contributed by atoms with Crippen molar-refractivity contribution in [3.8, 4) is 5.75 Å². The van der Waals surface area contributed by atoms with Gasteiger partial charge in [0, 0.05) is 11.6 Å². The fourth-order valence-corrected chi connectivity index (χ4v) is 3.31. The van der Waals surface area contributed by atoms with Gasteiger partial charge in [0.05, 0.1) is 13.2 Å². The van der Waals surface area contributed by atoms with Gasteiger partial charge in [0.15, 0.2) is 0 Å². The second-order valence-electron chi connectivity index (χ2n) is 5.92. The van der Waals surface area contributed by atoms with Crippen LogP contribution in [0.5, 0.6) is 5.75 Å². The molecule has 2 rings (SSSR count). The highest BCUT2D eigenvalue weighted by atomic mass is 19.1. The van der Waals surface area contributed by atoms with Gasteiger partial charge in [-0.25, -0.2) is 4.39 Å². The Balaban J connectivity index is 1.86. The number of hydrogen-bond acceptors (Lipinski definition) is 3. The molecular weight excluding hydrogens is 269 g/mol. The molecule has 1 aromatic rings. The number of aliphatic hydroxyl groups is 1. The highest BCUT2D eigenvalue weighted by Crippen LogP contribution is 2.37. The van der Waals surface area contributed by atoms with Crippen LogP contribution in [0.1, 0.15) is 39.0 Å². The van der Waals surface area contributed by atoms with Crippen LogP contribution in [0.2, 0.25) is 0 Å². The van der Waals surface area contributed by atoms with Crippen LogP contribution in [0, 0.1) is 11.7 Å². The van der Waals surface area contributed by atoms with Crippen LogP contribution in [0.25, 0.3) is 0 Å². The molecule has 4 heteroatoms. The van der Waals surface area contributed by atoms with E-state index < -0.39 is 0 Å². The molecule has 2 unspecified atom stereocenters. The maximum Gasteiger partial charge on any atom is 0.126 e. The summed E-state index contributed by atoms with van der Waals surface area (Å²) in [6.45, 7) is 3.80. The quantitative estimate of drug-likeness (QED) is 0.774. The molecule has 1 fully saturated rings. The van der Waals surface area contributed by atoms with Crippen LogP contribution >= 0.6 is 0 Å². The Kier molecular flexibility index (Phi) is 6.00. The largest absolute Gasteiger partial charge is 0.493 e. The van der Waals surface area contributed by atoms with Gasteiger partial charge in [-0.3, -0.25) is 0 Å². The molecule has 0 radical (unpaired) electrons. The first-order valence-electron chi connectivity index (χ1n) is 7.94. The van der Waals surface area contributed by atoms with Crippen molar-refractivity contribution in [2.24, 2.45) is 5.92 Å². The number of benzene rings is 1. The van der Waals surface area contributed by atoms with E-state index in [4.69, 9.17) is 4.74 Å². The van der Waals surface area contributed by atoms with Gasteiger partial charge in [-0.05, 0) is 50.3 Å². The molecule has 0 heterocycles. The highest BCUT2D eigenvalue weighted by Gasteiger charge is 2.41. The van der Waals surface area contributed by atoms with Crippen molar-refractivity contribution < 1.29 is 14.2 Å². The van der Waals surface area contributed by atoms with E-state index in [0.29, 0.717) is 18.3 Å². The standard InChI is InChI=1S/C17H26FNO2/c1-2-10-19-17(13-20)9-4-5-14(17)8-11-21-16-7-3-6-15(18)12-16/h3,6-7,12,14,19-20H,2,4-5,8-11,13H2,1H3. The van der Waals surface area contributed by atoms with Gasteiger partial charge in [0.1, 0.15) is 11.6 Å². The summed E-state index contributed by atoms with van der Waals surface area (Å²) in [6, 6.07) is 6.24. The third-order valence-corrected chi connectivity index (χ3v) is 4.50. The monoisotopic (exact) mass is 295 g/mol. The Morgan fingerprint density at radius 1 is 1.48 bits per heavy atom. The predicted molar refractivity (Wildman–Crippen MR) is 82.0 cm³/mol. The second kappa shape index (κ2) is 7.76. The zero-order valence-electron chi connectivity index (χ0n) is 12.8. The number of aliphatic hydroxyl groups excluding tert-OH is 1. The molecule has 1 aromatic carbocycles. The third-order valence-electron chi connectivity index (χ3n) is 4.50. The van der Waals surface area contributed by atoms with Crippen molar-refractivity contribution in [1.29, 1.82) is 0 Å². The maximum atomic E-state index is 13.1. The molecule has 0 aromatic heterocycles. The fraction of sp³-hybridized carbons (Fsp3) is 0.647. The van der Waals surface area contributed by atoms with Gasteiger partial charge < -0.3 is 15.2 Å². The molecule has 3 nitrogen and oxygen atoms in total. The van der Waals surface area contributed by atoms with E-state index in [1.54, 1.807) is 12.1 Å². The Labute approximate surface area is 126 Å². The van der Waals surface area contributed by atoms with Gasteiger partial charge in [-0.2, -0.15) is 0 Å². The lowest BCUT2D eigenvalue weighted by molar-refractivity contribution is 0.110. The molecule has 0 bridgehead atoms. The van der Waals surface area contributed by atoms with Crippen LogP contribution in [0.15, 0.2) is 24.3 Å². The lowest BCUT2D eigenvalue weighted by Crippen LogP contribution is -2.52. The number of halogens is 1. The Hall–Kier alpha value is -1.13. The molecule has 0 spiro atoms. The Bertz CT molecular complexity index is 441. The molecule has 0 amide bonds. The van der Waals surface area contributed by atoms with E-state index in [2.05, 4.69) is 12.2 Å². The van der Waals surface area contributed by atoms with Crippen LogP contribution in [0.4, 0.5) is 4.39 Å². The van der Waals surface area contributed by atoms with Crippen molar-refractivity contribution in [3.05, 3.63) is 30.1 Å². The predicted octanol–water partition coefficient (Wildman–Crippen LogP) is 3.13. The van der Waals surface area contributed by atoms with Crippen molar-refractivity contribution >= 4 is 0 Å². The summed E-state index contributed by atoms with van der Waals surface area (Å²) in [4.78, 5) is 0. The SMILES string of the molecule is CCCNC1(CO)CCCC1CCOc1cccc(F)c1. The molecule has 0 aliphatic heterocycles. The van der Waals surface area contributed by atoms with Gasteiger partial charge in [-0.15, -0.1) is 0 Å². The number of ether oxygens (including phenoxy) is 1. The van der Waals surface area contributed by atoms with Gasteiger partial charge >= 0.3 is 0 Å². The smallest absolute Gasteiger partial charge is 0.126 e. The average molecular weight is 295 g/mol. The van der Waals surface area contributed by atoms with Crippen LogP contribution in [0.3, 0.4) is 0 Å². The van der Waals surface area contributed by atoms with Crippen molar-refractivity contribution in [1.82, 2.24) is 5.32 Å². The van der Waals surface area contributed by atoms with Crippen molar-refractivity contribution in [2.45, 2.75) is 44.6 Å².